The number of hydrogen-bond donors (Lipinski definition) is 1. The van der Waals surface area contributed by atoms with Gasteiger partial charge in [-0.15, -0.1) is 0 Å². The quantitative estimate of drug-likeness (QED) is 0.799. The van der Waals surface area contributed by atoms with Crippen molar-refractivity contribution in [3.05, 3.63) is 12.4 Å². The van der Waals surface area contributed by atoms with E-state index in [2.05, 4.69) is 37.4 Å². The van der Waals surface area contributed by atoms with Gasteiger partial charge in [0.25, 0.3) is 0 Å². The van der Waals surface area contributed by atoms with Gasteiger partial charge in [0.1, 0.15) is 0 Å². The molecule has 0 bridgehead atoms. The molecule has 2 rings (SSSR count). The molecule has 1 saturated carbocycles. The number of nitrogens with zero attached hydrogens (tertiary/aromatic N) is 2. The SMILES string of the molecule is CC(C)(C)n1cc(NCC2CC2)cn1. The third-order valence-corrected chi connectivity index (χ3v) is 2.56. The fraction of sp³-hybridized carbons (Fsp3) is 0.727. The third kappa shape index (κ3) is 2.28. The van der Waals surface area contributed by atoms with Gasteiger partial charge in [0.2, 0.25) is 0 Å². The monoisotopic (exact) mass is 193 g/mol. The van der Waals surface area contributed by atoms with Crippen LogP contribution in [0.1, 0.15) is 33.6 Å². The summed E-state index contributed by atoms with van der Waals surface area (Å²) in [6.07, 6.45) is 6.77. The Bertz CT molecular complexity index is 305. The van der Waals surface area contributed by atoms with Crippen molar-refractivity contribution in [2.45, 2.75) is 39.2 Å². The highest BCUT2D eigenvalue weighted by Crippen LogP contribution is 2.29. The summed E-state index contributed by atoms with van der Waals surface area (Å²) in [5.41, 5.74) is 1.23. The minimum atomic E-state index is 0.0828. The van der Waals surface area contributed by atoms with E-state index in [4.69, 9.17) is 0 Å². The molecule has 14 heavy (non-hydrogen) atoms. The molecule has 1 aliphatic carbocycles. The van der Waals surface area contributed by atoms with Crippen molar-refractivity contribution < 1.29 is 0 Å². The molecule has 78 valence electrons. The van der Waals surface area contributed by atoms with Crippen LogP contribution in [-0.4, -0.2) is 16.3 Å². The number of anilines is 1. The first kappa shape index (κ1) is 9.56. The van der Waals surface area contributed by atoms with Crippen LogP contribution >= 0.6 is 0 Å². The zero-order valence-electron chi connectivity index (χ0n) is 9.25. The molecular formula is C11H19N3. The van der Waals surface area contributed by atoms with Crippen molar-refractivity contribution in [3.8, 4) is 0 Å². The molecule has 1 N–H and O–H groups in total. The van der Waals surface area contributed by atoms with Gasteiger partial charge < -0.3 is 5.32 Å². The van der Waals surface area contributed by atoms with Crippen molar-refractivity contribution in [1.29, 1.82) is 0 Å². The van der Waals surface area contributed by atoms with E-state index in [0.717, 1.165) is 18.2 Å². The van der Waals surface area contributed by atoms with E-state index in [1.54, 1.807) is 0 Å². The Morgan fingerprint density at radius 2 is 2.21 bits per heavy atom. The molecule has 1 heterocycles. The molecule has 1 aliphatic rings. The molecule has 0 spiro atoms. The highest BCUT2D eigenvalue weighted by molar-refractivity contribution is 5.38. The average molecular weight is 193 g/mol. The highest BCUT2D eigenvalue weighted by Gasteiger charge is 2.21. The molecule has 0 radical (unpaired) electrons. The van der Waals surface area contributed by atoms with Gasteiger partial charge in [-0.05, 0) is 39.5 Å². The second-order valence-corrected chi connectivity index (χ2v) is 5.17. The predicted molar refractivity (Wildman–Crippen MR) is 58.4 cm³/mol. The second-order valence-electron chi connectivity index (χ2n) is 5.17. The van der Waals surface area contributed by atoms with Crippen LogP contribution in [0.3, 0.4) is 0 Å². The van der Waals surface area contributed by atoms with Gasteiger partial charge in [0.15, 0.2) is 0 Å². The van der Waals surface area contributed by atoms with Crippen molar-refractivity contribution >= 4 is 5.69 Å². The van der Waals surface area contributed by atoms with Crippen LogP contribution in [0.4, 0.5) is 5.69 Å². The van der Waals surface area contributed by atoms with E-state index < -0.39 is 0 Å². The van der Waals surface area contributed by atoms with Gasteiger partial charge in [-0.2, -0.15) is 5.10 Å². The van der Waals surface area contributed by atoms with Gasteiger partial charge >= 0.3 is 0 Å². The summed E-state index contributed by atoms with van der Waals surface area (Å²) in [5.74, 6) is 0.910. The Hall–Kier alpha value is -0.990. The molecule has 1 aromatic heterocycles. The van der Waals surface area contributed by atoms with E-state index in [9.17, 15) is 0 Å². The molecule has 0 saturated heterocycles. The van der Waals surface area contributed by atoms with Crippen LogP contribution < -0.4 is 5.32 Å². The Morgan fingerprint density at radius 3 is 2.71 bits per heavy atom. The van der Waals surface area contributed by atoms with E-state index in [0.29, 0.717) is 0 Å². The number of nitrogens with one attached hydrogen (secondary N) is 1. The van der Waals surface area contributed by atoms with Crippen LogP contribution in [0.15, 0.2) is 12.4 Å². The van der Waals surface area contributed by atoms with Crippen molar-refractivity contribution in [2.75, 3.05) is 11.9 Å². The van der Waals surface area contributed by atoms with Gasteiger partial charge in [0.05, 0.1) is 17.4 Å². The summed E-state index contributed by atoms with van der Waals surface area (Å²) < 4.78 is 2.00. The molecule has 0 aliphatic heterocycles. The zero-order valence-corrected chi connectivity index (χ0v) is 9.25. The summed E-state index contributed by atoms with van der Waals surface area (Å²) in [5, 5.41) is 7.76. The fourth-order valence-electron chi connectivity index (χ4n) is 1.37. The molecule has 0 atom stereocenters. The van der Waals surface area contributed by atoms with Crippen LogP contribution in [0.25, 0.3) is 0 Å². The first-order valence-electron chi connectivity index (χ1n) is 5.35. The summed E-state index contributed by atoms with van der Waals surface area (Å²) in [7, 11) is 0. The molecule has 0 amide bonds. The Kier molecular flexibility index (Phi) is 2.25. The zero-order chi connectivity index (χ0) is 10.2. The Labute approximate surface area is 85.5 Å². The topological polar surface area (TPSA) is 29.9 Å². The van der Waals surface area contributed by atoms with E-state index in [-0.39, 0.29) is 5.54 Å². The molecule has 1 fully saturated rings. The molecule has 0 unspecified atom stereocenters. The van der Waals surface area contributed by atoms with E-state index in [1.807, 2.05) is 10.9 Å². The van der Waals surface area contributed by atoms with E-state index in [1.165, 1.54) is 12.8 Å². The molecule has 0 aromatic carbocycles. The Morgan fingerprint density at radius 1 is 1.50 bits per heavy atom. The Balaban J connectivity index is 1.94. The maximum Gasteiger partial charge on any atom is 0.0726 e. The maximum atomic E-state index is 4.34. The summed E-state index contributed by atoms with van der Waals surface area (Å²) in [6, 6.07) is 0. The van der Waals surface area contributed by atoms with Gasteiger partial charge in [-0.3, -0.25) is 4.68 Å². The van der Waals surface area contributed by atoms with E-state index >= 15 is 0 Å². The van der Waals surface area contributed by atoms with Crippen LogP contribution in [0.5, 0.6) is 0 Å². The van der Waals surface area contributed by atoms with Gasteiger partial charge in [-0.1, -0.05) is 0 Å². The molecule has 3 nitrogen and oxygen atoms in total. The lowest BCUT2D eigenvalue weighted by atomic mass is 10.1. The summed E-state index contributed by atoms with van der Waals surface area (Å²) in [6.45, 7) is 7.58. The largest absolute Gasteiger partial charge is 0.382 e. The lowest BCUT2D eigenvalue weighted by Crippen LogP contribution is -2.21. The number of hydrogen-bond acceptors (Lipinski definition) is 2. The normalized spacial score (nSPS) is 17.1. The van der Waals surface area contributed by atoms with Gasteiger partial charge in [0, 0.05) is 12.7 Å². The smallest absolute Gasteiger partial charge is 0.0726 e. The highest BCUT2D eigenvalue weighted by atomic mass is 15.3. The summed E-state index contributed by atoms with van der Waals surface area (Å²) >= 11 is 0. The first-order chi connectivity index (χ1) is 6.55. The average Bonchev–Trinajstić information content (AvgIpc) is 2.77. The van der Waals surface area contributed by atoms with Crippen molar-refractivity contribution in [3.63, 3.8) is 0 Å². The standard InChI is InChI=1S/C11H19N3/c1-11(2,3)14-8-10(7-13-14)12-6-9-4-5-9/h7-9,12H,4-6H2,1-3H3. The predicted octanol–water partition coefficient (Wildman–Crippen LogP) is 2.46. The molecule has 1 aromatic rings. The lowest BCUT2D eigenvalue weighted by molar-refractivity contribution is 0.355. The minimum absolute atomic E-state index is 0.0828. The lowest BCUT2D eigenvalue weighted by Gasteiger charge is -2.18. The molecular weight excluding hydrogens is 174 g/mol. The maximum absolute atomic E-state index is 4.34. The summed E-state index contributed by atoms with van der Waals surface area (Å²) in [4.78, 5) is 0. The third-order valence-electron chi connectivity index (χ3n) is 2.56. The van der Waals surface area contributed by atoms with Crippen molar-refractivity contribution in [2.24, 2.45) is 5.92 Å². The molecule has 3 heteroatoms. The van der Waals surface area contributed by atoms with Crippen molar-refractivity contribution in [1.82, 2.24) is 9.78 Å². The number of rotatable bonds is 3. The van der Waals surface area contributed by atoms with Gasteiger partial charge in [-0.25, -0.2) is 0 Å². The first-order valence-corrected chi connectivity index (χ1v) is 5.35. The van der Waals surface area contributed by atoms with Crippen LogP contribution in [0, 0.1) is 5.92 Å². The minimum Gasteiger partial charge on any atom is -0.382 e. The van der Waals surface area contributed by atoms with Crippen LogP contribution in [0.2, 0.25) is 0 Å². The fourth-order valence-corrected chi connectivity index (χ4v) is 1.37. The van der Waals surface area contributed by atoms with Crippen LogP contribution in [-0.2, 0) is 5.54 Å². The second kappa shape index (κ2) is 3.30. The number of aromatic nitrogens is 2.